The third kappa shape index (κ3) is 5.10. The van der Waals surface area contributed by atoms with Gasteiger partial charge in [-0.25, -0.2) is 0 Å². The van der Waals surface area contributed by atoms with E-state index >= 15 is 0 Å². The lowest BCUT2D eigenvalue weighted by molar-refractivity contribution is 0.306. The lowest BCUT2D eigenvalue weighted by Gasteiger charge is -2.08. The Morgan fingerprint density at radius 3 is 2.50 bits per heavy atom. The van der Waals surface area contributed by atoms with Crippen molar-refractivity contribution in [3.05, 3.63) is 89.3 Å². The summed E-state index contributed by atoms with van der Waals surface area (Å²) in [5.74, 6) is 2.48. The quantitative estimate of drug-likeness (QED) is 0.400. The van der Waals surface area contributed by atoms with Crippen LogP contribution in [0.2, 0.25) is 5.02 Å². The topological polar surface area (TPSA) is 69.4 Å². The summed E-state index contributed by atoms with van der Waals surface area (Å²) in [7, 11) is 1.62. The first-order valence-electron chi connectivity index (χ1n) is 9.37. The number of nitrogens with zero attached hydrogens (tertiary/aromatic N) is 2. The van der Waals surface area contributed by atoms with Gasteiger partial charge in [0.15, 0.2) is 0 Å². The first kappa shape index (κ1) is 19.8. The minimum atomic E-state index is 0.419. The van der Waals surface area contributed by atoms with Gasteiger partial charge in [0.25, 0.3) is 0 Å². The number of hydrogen-bond acceptors (Lipinski definition) is 6. The highest BCUT2D eigenvalue weighted by Crippen LogP contribution is 2.23. The number of halogens is 1. The largest absolute Gasteiger partial charge is 0.497 e. The van der Waals surface area contributed by atoms with Gasteiger partial charge in [-0.2, -0.15) is 0 Å². The fraction of sp³-hybridized carbons (Fsp3) is 0.130. The SMILES string of the molecule is COc1cccc(-c2nnc(CNc3ccc(OCc4ccc(Cl)cc4)cc3)o2)c1. The summed E-state index contributed by atoms with van der Waals surface area (Å²) < 4.78 is 16.8. The van der Waals surface area contributed by atoms with Crippen molar-refractivity contribution in [1.82, 2.24) is 10.2 Å². The number of nitrogens with one attached hydrogen (secondary N) is 1. The highest BCUT2D eigenvalue weighted by atomic mass is 35.5. The summed E-state index contributed by atoms with van der Waals surface area (Å²) in [5, 5.41) is 12.2. The lowest BCUT2D eigenvalue weighted by atomic mass is 10.2. The summed E-state index contributed by atoms with van der Waals surface area (Å²) in [6.45, 7) is 0.904. The highest BCUT2D eigenvalue weighted by Gasteiger charge is 2.09. The minimum absolute atomic E-state index is 0.419. The summed E-state index contributed by atoms with van der Waals surface area (Å²) in [4.78, 5) is 0. The van der Waals surface area contributed by atoms with E-state index in [9.17, 15) is 0 Å². The first-order chi connectivity index (χ1) is 14.7. The van der Waals surface area contributed by atoms with E-state index in [1.165, 1.54) is 0 Å². The average molecular weight is 422 g/mol. The molecule has 30 heavy (non-hydrogen) atoms. The summed E-state index contributed by atoms with van der Waals surface area (Å²) >= 11 is 5.90. The Morgan fingerprint density at radius 1 is 0.933 bits per heavy atom. The number of rotatable bonds is 8. The zero-order valence-electron chi connectivity index (χ0n) is 16.3. The molecule has 0 bridgehead atoms. The van der Waals surface area contributed by atoms with Crippen molar-refractivity contribution in [3.63, 3.8) is 0 Å². The van der Waals surface area contributed by atoms with E-state index in [0.29, 0.717) is 30.0 Å². The molecule has 0 saturated carbocycles. The Morgan fingerprint density at radius 2 is 1.73 bits per heavy atom. The van der Waals surface area contributed by atoms with E-state index in [4.69, 9.17) is 25.5 Å². The van der Waals surface area contributed by atoms with Crippen LogP contribution in [0.25, 0.3) is 11.5 Å². The Balaban J connectivity index is 1.31. The van der Waals surface area contributed by atoms with E-state index in [2.05, 4.69) is 15.5 Å². The first-order valence-corrected chi connectivity index (χ1v) is 9.75. The van der Waals surface area contributed by atoms with Crippen molar-refractivity contribution < 1.29 is 13.9 Å². The summed E-state index contributed by atoms with van der Waals surface area (Å²) in [6.07, 6.45) is 0. The maximum Gasteiger partial charge on any atom is 0.247 e. The third-order valence-electron chi connectivity index (χ3n) is 4.40. The maximum atomic E-state index is 5.90. The lowest BCUT2D eigenvalue weighted by Crippen LogP contribution is -2.00. The molecule has 0 aliphatic heterocycles. The molecule has 1 N–H and O–H groups in total. The summed E-state index contributed by atoms with van der Waals surface area (Å²) in [5.41, 5.74) is 2.80. The number of ether oxygens (including phenoxy) is 2. The predicted octanol–water partition coefficient (Wildman–Crippen LogP) is 5.59. The monoisotopic (exact) mass is 421 g/mol. The molecule has 7 heteroatoms. The average Bonchev–Trinajstić information content (AvgIpc) is 3.27. The van der Waals surface area contributed by atoms with Gasteiger partial charge in [0, 0.05) is 16.3 Å². The number of methoxy groups -OCH3 is 1. The van der Waals surface area contributed by atoms with E-state index in [0.717, 1.165) is 28.3 Å². The standard InChI is InChI=1S/C23H20ClN3O3/c1-28-21-4-2-3-17(13-21)23-27-26-22(30-23)14-25-19-9-11-20(12-10-19)29-15-16-5-7-18(24)8-6-16/h2-13,25H,14-15H2,1H3. The molecule has 0 unspecified atom stereocenters. The van der Waals surface area contributed by atoms with Gasteiger partial charge in [-0.05, 0) is 60.2 Å². The number of benzene rings is 3. The van der Waals surface area contributed by atoms with Gasteiger partial charge >= 0.3 is 0 Å². The van der Waals surface area contributed by atoms with Gasteiger partial charge in [-0.1, -0.05) is 29.8 Å². The summed E-state index contributed by atoms with van der Waals surface area (Å²) in [6, 6.07) is 22.8. The van der Waals surface area contributed by atoms with E-state index in [1.807, 2.05) is 72.8 Å². The van der Waals surface area contributed by atoms with Gasteiger partial charge in [-0.3, -0.25) is 0 Å². The number of hydrogen-bond donors (Lipinski definition) is 1. The molecule has 6 nitrogen and oxygen atoms in total. The van der Waals surface area contributed by atoms with Gasteiger partial charge in [0.2, 0.25) is 11.8 Å². The zero-order valence-corrected chi connectivity index (χ0v) is 17.1. The molecule has 1 heterocycles. The Kier molecular flexibility index (Phi) is 6.15. The van der Waals surface area contributed by atoms with Crippen molar-refractivity contribution in [2.24, 2.45) is 0 Å². The molecular weight excluding hydrogens is 402 g/mol. The van der Waals surface area contributed by atoms with E-state index in [-0.39, 0.29) is 0 Å². The minimum Gasteiger partial charge on any atom is -0.497 e. The van der Waals surface area contributed by atoms with Gasteiger partial charge in [-0.15, -0.1) is 10.2 Å². The molecule has 3 aromatic carbocycles. The van der Waals surface area contributed by atoms with Crippen LogP contribution < -0.4 is 14.8 Å². The second-order valence-corrected chi connectivity index (χ2v) is 6.96. The van der Waals surface area contributed by atoms with Gasteiger partial charge in [0.05, 0.1) is 13.7 Å². The van der Waals surface area contributed by atoms with Crippen molar-refractivity contribution in [2.45, 2.75) is 13.2 Å². The molecule has 1 aromatic heterocycles. The molecule has 0 radical (unpaired) electrons. The molecule has 0 fully saturated rings. The highest BCUT2D eigenvalue weighted by molar-refractivity contribution is 6.30. The van der Waals surface area contributed by atoms with Crippen molar-refractivity contribution in [3.8, 4) is 23.0 Å². The van der Waals surface area contributed by atoms with Crippen LogP contribution in [0.15, 0.2) is 77.2 Å². The fourth-order valence-corrected chi connectivity index (χ4v) is 2.92. The molecule has 0 amide bonds. The van der Waals surface area contributed by atoms with E-state index < -0.39 is 0 Å². The number of aromatic nitrogens is 2. The third-order valence-corrected chi connectivity index (χ3v) is 4.65. The van der Waals surface area contributed by atoms with Crippen molar-refractivity contribution in [2.75, 3.05) is 12.4 Å². The van der Waals surface area contributed by atoms with Gasteiger partial charge in [0.1, 0.15) is 18.1 Å². The van der Waals surface area contributed by atoms with Gasteiger partial charge < -0.3 is 19.2 Å². The van der Waals surface area contributed by atoms with Crippen LogP contribution in [-0.2, 0) is 13.2 Å². The van der Waals surface area contributed by atoms with Crippen LogP contribution in [0.3, 0.4) is 0 Å². The molecule has 0 atom stereocenters. The van der Waals surface area contributed by atoms with Crippen molar-refractivity contribution in [1.29, 1.82) is 0 Å². The molecular formula is C23H20ClN3O3. The molecule has 152 valence electrons. The normalized spacial score (nSPS) is 10.6. The Bertz CT molecular complexity index is 1100. The van der Waals surface area contributed by atoms with Crippen LogP contribution in [0.4, 0.5) is 5.69 Å². The molecule has 0 spiro atoms. The maximum absolute atomic E-state index is 5.90. The van der Waals surface area contributed by atoms with Crippen molar-refractivity contribution >= 4 is 17.3 Å². The van der Waals surface area contributed by atoms with Crippen LogP contribution in [0, 0.1) is 0 Å². The van der Waals surface area contributed by atoms with Crippen LogP contribution >= 0.6 is 11.6 Å². The van der Waals surface area contributed by atoms with Crippen LogP contribution in [0.1, 0.15) is 11.5 Å². The van der Waals surface area contributed by atoms with E-state index in [1.54, 1.807) is 7.11 Å². The number of anilines is 1. The Hall–Kier alpha value is -3.51. The second kappa shape index (κ2) is 9.33. The Labute approximate surface area is 179 Å². The predicted molar refractivity (Wildman–Crippen MR) is 116 cm³/mol. The smallest absolute Gasteiger partial charge is 0.247 e. The molecule has 0 aliphatic carbocycles. The molecule has 0 saturated heterocycles. The molecule has 4 rings (SSSR count). The zero-order chi connectivity index (χ0) is 20.8. The molecule has 4 aromatic rings. The fourth-order valence-electron chi connectivity index (χ4n) is 2.79. The van der Waals surface area contributed by atoms with Crippen LogP contribution in [-0.4, -0.2) is 17.3 Å². The second-order valence-electron chi connectivity index (χ2n) is 6.53. The van der Waals surface area contributed by atoms with Crippen LogP contribution in [0.5, 0.6) is 11.5 Å². The molecule has 0 aliphatic rings.